The van der Waals surface area contributed by atoms with Crippen molar-refractivity contribution in [3.63, 3.8) is 0 Å². The third kappa shape index (κ3) is 2.64. The lowest BCUT2D eigenvalue weighted by molar-refractivity contribution is 0.402. The molecule has 0 saturated carbocycles. The van der Waals surface area contributed by atoms with Crippen molar-refractivity contribution >= 4 is 0 Å². The molecule has 3 heteroatoms. The van der Waals surface area contributed by atoms with E-state index in [0.29, 0.717) is 0 Å². The SMILES string of the molecule is CCCC[C@H](N)c1ccc(O)c(O)c1. The first-order valence-corrected chi connectivity index (χ1v) is 4.92. The van der Waals surface area contributed by atoms with E-state index in [2.05, 4.69) is 6.92 Å². The van der Waals surface area contributed by atoms with Crippen molar-refractivity contribution in [2.45, 2.75) is 32.2 Å². The quantitative estimate of drug-likeness (QED) is 0.646. The molecule has 0 aliphatic heterocycles. The maximum absolute atomic E-state index is 9.27. The number of phenolic OH excluding ortho intramolecular Hbond substituents is 2. The van der Waals surface area contributed by atoms with Crippen LogP contribution in [0.4, 0.5) is 0 Å². The molecule has 0 unspecified atom stereocenters. The molecule has 3 nitrogen and oxygen atoms in total. The van der Waals surface area contributed by atoms with Crippen LogP contribution in [0.15, 0.2) is 18.2 Å². The molecule has 78 valence electrons. The second-order valence-corrected chi connectivity index (χ2v) is 3.50. The van der Waals surface area contributed by atoms with Gasteiger partial charge in [0.2, 0.25) is 0 Å². The van der Waals surface area contributed by atoms with Gasteiger partial charge in [0.1, 0.15) is 0 Å². The summed E-state index contributed by atoms with van der Waals surface area (Å²) in [6.07, 6.45) is 3.08. The zero-order valence-corrected chi connectivity index (χ0v) is 8.40. The van der Waals surface area contributed by atoms with Crippen LogP contribution in [0.5, 0.6) is 11.5 Å². The Morgan fingerprint density at radius 1 is 1.29 bits per heavy atom. The summed E-state index contributed by atoms with van der Waals surface area (Å²) in [5.41, 5.74) is 6.78. The maximum atomic E-state index is 9.27. The van der Waals surface area contributed by atoms with Crippen LogP contribution in [0.2, 0.25) is 0 Å². The Bertz CT molecular complexity index is 299. The van der Waals surface area contributed by atoms with E-state index in [1.54, 1.807) is 6.07 Å². The monoisotopic (exact) mass is 195 g/mol. The van der Waals surface area contributed by atoms with Gasteiger partial charge in [0, 0.05) is 6.04 Å². The van der Waals surface area contributed by atoms with Gasteiger partial charge in [-0.25, -0.2) is 0 Å². The van der Waals surface area contributed by atoms with E-state index in [1.807, 2.05) is 0 Å². The van der Waals surface area contributed by atoms with Crippen LogP contribution < -0.4 is 5.73 Å². The van der Waals surface area contributed by atoms with Crippen molar-refractivity contribution in [3.05, 3.63) is 23.8 Å². The van der Waals surface area contributed by atoms with E-state index in [0.717, 1.165) is 24.8 Å². The van der Waals surface area contributed by atoms with Gasteiger partial charge in [-0.1, -0.05) is 25.8 Å². The van der Waals surface area contributed by atoms with Crippen LogP contribution in [0, 0.1) is 0 Å². The van der Waals surface area contributed by atoms with Crippen molar-refractivity contribution in [1.29, 1.82) is 0 Å². The summed E-state index contributed by atoms with van der Waals surface area (Å²) in [6, 6.07) is 4.68. The third-order valence-electron chi connectivity index (χ3n) is 2.30. The molecule has 0 spiro atoms. The minimum Gasteiger partial charge on any atom is -0.504 e. The van der Waals surface area contributed by atoms with Gasteiger partial charge in [-0.15, -0.1) is 0 Å². The van der Waals surface area contributed by atoms with Gasteiger partial charge in [0.25, 0.3) is 0 Å². The standard InChI is InChI=1S/C11H17NO2/c1-2-3-4-9(12)8-5-6-10(13)11(14)7-8/h5-7,9,13-14H,2-4,12H2,1H3/t9-/m0/s1. The number of hydrogen-bond donors (Lipinski definition) is 3. The highest BCUT2D eigenvalue weighted by Crippen LogP contribution is 2.28. The summed E-state index contributed by atoms with van der Waals surface area (Å²) < 4.78 is 0. The Balaban J connectivity index is 2.70. The molecule has 0 aliphatic carbocycles. The Hall–Kier alpha value is -1.22. The van der Waals surface area contributed by atoms with Crippen molar-refractivity contribution in [3.8, 4) is 11.5 Å². The molecule has 1 atom stereocenters. The molecular weight excluding hydrogens is 178 g/mol. The molecule has 0 aromatic heterocycles. The van der Waals surface area contributed by atoms with Crippen LogP contribution in [-0.2, 0) is 0 Å². The fraction of sp³-hybridized carbons (Fsp3) is 0.455. The first-order chi connectivity index (χ1) is 6.65. The molecule has 1 rings (SSSR count). The molecule has 0 saturated heterocycles. The predicted octanol–water partition coefficient (Wildman–Crippen LogP) is 2.29. The molecule has 0 aliphatic rings. The van der Waals surface area contributed by atoms with Crippen molar-refractivity contribution in [1.82, 2.24) is 0 Å². The summed E-state index contributed by atoms with van der Waals surface area (Å²) in [4.78, 5) is 0. The molecule has 1 aromatic carbocycles. The minimum atomic E-state index is -0.102. The fourth-order valence-electron chi connectivity index (χ4n) is 1.36. The third-order valence-corrected chi connectivity index (χ3v) is 2.30. The molecular formula is C11H17NO2. The number of nitrogens with two attached hydrogens (primary N) is 1. The van der Waals surface area contributed by atoms with Crippen molar-refractivity contribution in [2.24, 2.45) is 5.73 Å². The van der Waals surface area contributed by atoms with Crippen molar-refractivity contribution < 1.29 is 10.2 Å². The highest BCUT2D eigenvalue weighted by Gasteiger charge is 2.07. The summed E-state index contributed by atoms with van der Waals surface area (Å²) in [7, 11) is 0. The van der Waals surface area contributed by atoms with Gasteiger partial charge in [0.15, 0.2) is 11.5 Å². The number of hydrogen-bond acceptors (Lipinski definition) is 3. The largest absolute Gasteiger partial charge is 0.504 e. The lowest BCUT2D eigenvalue weighted by Crippen LogP contribution is -2.09. The van der Waals surface area contributed by atoms with Crippen LogP contribution in [0.1, 0.15) is 37.8 Å². The van der Waals surface area contributed by atoms with E-state index >= 15 is 0 Å². The normalized spacial score (nSPS) is 12.7. The van der Waals surface area contributed by atoms with Gasteiger partial charge in [-0.2, -0.15) is 0 Å². The molecule has 4 N–H and O–H groups in total. The van der Waals surface area contributed by atoms with E-state index in [4.69, 9.17) is 10.8 Å². The Labute approximate surface area is 84.2 Å². The second-order valence-electron chi connectivity index (χ2n) is 3.50. The summed E-state index contributed by atoms with van der Waals surface area (Å²) in [6.45, 7) is 2.11. The number of aromatic hydroxyl groups is 2. The van der Waals surface area contributed by atoms with Gasteiger partial charge < -0.3 is 15.9 Å². The predicted molar refractivity (Wildman–Crippen MR) is 56.2 cm³/mol. The molecule has 0 radical (unpaired) electrons. The Kier molecular flexibility index (Phi) is 3.77. The highest BCUT2D eigenvalue weighted by molar-refractivity contribution is 5.41. The van der Waals surface area contributed by atoms with Crippen LogP contribution in [0.25, 0.3) is 0 Å². The van der Waals surface area contributed by atoms with Crippen LogP contribution in [-0.4, -0.2) is 10.2 Å². The lowest BCUT2D eigenvalue weighted by atomic mass is 10.0. The zero-order chi connectivity index (χ0) is 10.6. The lowest BCUT2D eigenvalue weighted by Gasteiger charge is -2.11. The van der Waals surface area contributed by atoms with E-state index < -0.39 is 0 Å². The summed E-state index contributed by atoms with van der Waals surface area (Å²) >= 11 is 0. The number of phenols is 2. The Morgan fingerprint density at radius 3 is 2.57 bits per heavy atom. The molecule has 14 heavy (non-hydrogen) atoms. The highest BCUT2D eigenvalue weighted by atomic mass is 16.3. The average molecular weight is 195 g/mol. The average Bonchev–Trinajstić information content (AvgIpc) is 2.18. The summed E-state index contributed by atoms with van der Waals surface area (Å²) in [5.74, 6) is -0.203. The van der Waals surface area contributed by atoms with E-state index in [1.165, 1.54) is 12.1 Å². The number of unbranched alkanes of at least 4 members (excludes halogenated alkanes) is 1. The first-order valence-electron chi connectivity index (χ1n) is 4.92. The number of rotatable bonds is 4. The Morgan fingerprint density at radius 2 is 2.00 bits per heavy atom. The fourth-order valence-corrected chi connectivity index (χ4v) is 1.36. The first kappa shape index (κ1) is 10.9. The minimum absolute atomic E-state index is 0.0542. The molecule has 0 fully saturated rings. The van der Waals surface area contributed by atoms with Crippen molar-refractivity contribution in [2.75, 3.05) is 0 Å². The topological polar surface area (TPSA) is 66.5 Å². The van der Waals surface area contributed by atoms with Gasteiger partial charge in [0.05, 0.1) is 0 Å². The molecule has 0 heterocycles. The van der Waals surface area contributed by atoms with Gasteiger partial charge in [-0.3, -0.25) is 0 Å². The van der Waals surface area contributed by atoms with Crippen LogP contribution >= 0.6 is 0 Å². The van der Waals surface area contributed by atoms with Gasteiger partial charge >= 0.3 is 0 Å². The smallest absolute Gasteiger partial charge is 0.157 e. The molecule has 0 amide bonds. The number of benzene rings is 1. The summed E-state index contributed by atoms with van der Waals surface area (Å²) in [5, 5.41) is 18.4. The van der Waals surface area contributed by atoms with E-state index in [9.17, 15) is 5.11 Å². The second kappa shape index (κ2) is 4.86. The van der Waals surface area contributed by atoms with E-state index in [-0.39, 0.29) is 17.5 Å². The molecule has 1 aromatic rings. The van der Waals surface area contributed by atoms with Gasteiger partial charge in [-0.05, 0) is 24.1 Å². The molecule has 0 bridgehead atoms. The zero-order valence-electron chi connectivity index (χ0n) is 8.40. The van der Waals surface area contributed by atoms with Crippen LogP contribution in [0.3, 0.4) is 0 Å². The maximum Gasteiger partial charge on any atom is 0.157 e.